The zero-order chi connectivity index (χ0) is 16.0. The van der Waals surface area contributed by atoms with Gasteiger partial charge in [0, 0.05) is 5.56 Å². The topological polar surface area (TPSA) is 20.2 Å². The van der Waals surface area contributed by atoms with Crippen molar-refractivity contribution in [3.8, 4) is 5.75 Å². The van der Waals surface area contributed by atoms with E-state index >= 15 is 0 Å². The number of phenols is 1. The molecule has 0 heterocycles. The molecule has 0 bridgehead atoms. The summed E-state index contributed by atoms with van der Waals surface area (Å²) in [7, 11) is 0. The highest BCUT2D eigenvalue weighted by molar-refractivity contribution is 5.31. The molecule has 0 atom stereocenters. The van der Waals surface area contributed by atoms with Crippen molar-refractivity contribution in [1.82, 2.24) is 0 Å². The highest BCUT2D eigenvalue weighted by Crippen LogP contribution is 2.56. The second-order valence-electron chi connectivity index (χ2n) is 3.77. The van der Waals surface area contributed by atoms with Gasteiger partial charge in [0.1, 0.15) is 5.75 Å². The molecule has 20 heavy (non-hydrogen) atoms. The minimum Gasteiger partial charge on any atom is -0.508 e. The largest absolute Gasteiger partial charge is 0.508 e. The first kappa shape index (κ1) is 16.4. The van der Waals surface area contributed by atoms with Gasteiger partial charge >= 0.3 is 23.9 Å². The fourth-order valence-electron chi connectivity index (χ4n) is 1.23. The second kappa shape index (κ2) is 4.45. The van der Waals surface area contributed by atoms with Gasteiger partial charge in [0.2, 0.25) is 0 Å². The summed E-state index contributed by atoms with van der Waals surface area (Å²) in [5.41, 5.74) is -1.79. The monoisotopic (exact) mass is 312 g/mol. The maximum atomic E-state index is 13.3. The molecule has 0 saturated heterocycles. The Hall–Kier alpha value is -1.61. The average molecular weight is 312 g/mol. The molecule has 0 aromatic heterocycles. The maximum Gasteiger partial charge on any atom is 0.460 e. The number of benzene rings is 1. The third kappa shape index (κ3) is 2.27. The van der Waals surface area contributed by atoms with Gasteiger partial charge in [0.05, 0.1) is 0 Å². The summed E-state index contributed by atoms with van der Waals surface area (Å²) in [5, 5.41) is 8.75. The van der Waals surface area contributed by atoms with E-state index in [2.05, 4.69) is 0 Å². The van der Waals surface area contributed by atoms with Crippen LogP contribution in [0.3, 0.4) is 0 Å². The number of alkyl halides is 9. The van der Waals surface area contributed by atoms with Crippen molar-refractivity contribution in [3.05, 3.63) is 29.8 Å². The lowest BCUT2D eigenvalue weighted by atomic mass is 9.97. The van der Waals surface area contributed by atoms with E-state index in [0.717, 1.165) is 0 Å². The highest BCUT2D eigenvalue weighted by Gasteiger charge is 2.81. The van der Waals surface area contributed by atoms with Gasteiger partial charge in [0.15, 0.2) is 0 Å². The lowest BCUT2D eigenvalue weighted by molar-refractivity contribution is -0.399. The Bertz CT molecular complexity index is 474. The number of rotatable bonds is 3. The molecule has 1 aromatic carbocycles. The van der Waals surface area contributed by atoms with Crippen LogP contribution in [0, 0.1) is 0 Å². The van der Waals surface area contributed by atoms with Crippen molar-refractivity contribution >= 4 is 0 Å². The van der Waals surface area contributed by atoms with E-state index in [4.69, 9.17) is 5.11 Å². The predicted molar refractivity (Wildman–Crippen MR) is 47.9 cm³/mol. The Morgan fingerprint density at radius 3 is 1.40 bits per heavy atom. The van der Waals surface area contributed by atoms with Crippen LogP contribution < -0.4 is 0 Å². The van der Waals surface area contributed by atoms with E-state index in [-0.39, 0.29) is 12.1 Å². The maximum absolute atomic E-state index is 13.3. The SMILES string of the molecule is Oc1ccc(C(F)(F)C(F)(F)C(F)(F)C(F)(F)F)cc1. The molecule has 0 aliphatic heterocycles. The molecular weight excluding hydrogens is 307 g/mol. The van der Waals surface area contributed by atoms with Gasteiger partial charge in [-0.05, 0) is 24.3 Å². The van der Waals surface area contributed by atoms with Gasteiger partial charge in [-0.2, -0.15) is 39.5 Å². The van der Waals surface area contributed by atoms with Gasteiger partial charge < -0.3 is 5.11 Å². The van der Waals surface area contributed by atoms with E-state index in [1.165, 1.54) is 0 Å². The fraction of sp³-hybridized carbons (Fsp3) is 0.400. The van der Waals surface area contributed by atoms with Crippen LogP contribution in [0.2, 0.25) is 0 Å². The Balaban J connectivity index is 3.35. The number of hydrogen-bond acceptors (Lipinski definition) is 1. The highest BCUT2D eigenvalue weighted by atomic mass is 19.4. The van der Waals surface area contributed by atoms with Gasteiger partial charge in [-0.3, -0.25) is 0 Å². The summed E-state index contributed by atoms with van der Waals surface area (Å²) in [4.78, 5) is 0. The molecule has 0 amide bonds. The molecule has 114 valence electrons. The zero-order valence-corrected chi connectivity index (χ0v) is 9.16. The Kier molecular flexibility index (Phi) is 3.66. The molecule has 1 rings (SSSR count). The standard InChI is InChI=1S/C10H5F9O/c11-7(12,5-1-3-6(20)4-2-5)8(13,14)9(15,16)10(17,18)19/h1-4,20H. The fourth-order valence-corrected chi connectivity index (χ4v) is 1.23. The van der Waals surface area contributed by atoms with Crippen LogP contribution >= 0.6 is 0 Å². The lowest BCUT2D eigenvalue weighted by Crippen LogP contribution is -2.59. The van der Waals surface area contributed by atoms with Gasteiger partial charge in [-0.15, -0.1) is 0 Å². The normalized spacial score (nSPS) is 14.4. The Morgan fingerprint density at radius 1 is 0.650 bits per heavy atom. The van der Waals surface area contributed by atoms with Crippen LogP contribution in [-0.4, -0.2) is 23.1 Å². The van der Waals surface area contributed by atoms with E-state index < -0.39 is 35.3 Å². The summed E-state index contributed by atoms with van der Waals surface area (Å²) in [6, 6.07) is 1.14. The van der Waals surface area contributed by atoms with Crippen molar-refractivity contribution < 1.29 is 44.6 Å². The van der Waals surface area contributed by atoms with Crippen molar-refractivity contribution in [3.63, 3.8) is 0 Å². The van der Waals surface area contributed by atoms with Gasteiger partial charge in [0.25, 0.3) is 0 Å². The van der Waals surface area contributed by atoms with E-state index in [9.17, 15) is 39.5 Å². The zero-order valence-electron chi connectivity index (χ0n) is 9.16. The molecular formula is C10H5F9O. The molecule has 0 aliphatic rings. The summed E-state index contributed by atoms with van der Waals surface area (Å²) < 4.78 is 113. The average Bonchev–Trinajstić information content (AvgIpc) is 2.27. The van der Waals surface area contributed by atoms with E-state index in [0.29, 0.717) is 12.1 Å². The quantitative estimate of drug-likeness (QED) is 0.824. The third-order valence-corrected chi connectivity index (χ3v) is 2.37. The second-order valence-corrected chi connectivity index (χ2v) is 3.77. The summed E-state index contributed by atoms with van der Waals surface area (Å²) in [5.74, 6) is -20.1. The summed E-state index contributed by atoms with van der Waals surface area (Å²) in [6.45, 7) is 0. The number of halogens is 9. The lowest BCUT2D eigenvalue weighted by Gasteiger charge is -2.33. The minimum absolute atomic E-state index is 0.121. The first-order chi connectivity index (χ1) is 8.75. The molecule has 0 spiro atoms. The third-order valence-electron chi connectivity index (χ3n) is 2.37. The molecule has 0 saturated carbocycles. The van der Waals surface area contributed by atoms with Crippen molar-refractivity contribution in [2.24, 2.45) is 0 Å². The van der Waals surface area contributed by atoms with Crippen LogP contribution in [0.1, 0.15) is 5.56 Å². The Labute approximate surface area is 105 Å². The Morgan fingerprint density at radius 2 is 1.05 bits per heavy atom. The van der Waals surface area contributed by atoms with E-state index in [1.54, 1.807) is 0 Å². The van der Waals surface area contributed by atoms with Crippen LogP contribution in [0.4, 0.5) is 39.5 Å². The van der Waals surface area contributed by atoms with Gasteiger partial charge in [-0.1, -0.05) is 0 Å². The predicted octanol–water partition coefficient (Wildman–Crippen LogP) is 4.32. The molecule has 0 unspecified atom stereocenters. The van der Waals surface area contributed by atoms with Crippen LogP contribution in [0.15, 0.2) is 24.3 Å². The van der Waals surface area contributed by atoms with Crippen molar-refractivity contribution in [2.45, 2.75) is 23.9 Å². The first-order valence-corrected chi connectivity index (χ1v) is 4.75. The molecule has 10 heteroatoms. The van der Waals surface area contributed by atoms with Crippen LogP contribution in [0.5, 0.6) is 5.75 Å². The molecule has 0 fully saturated rings. The van der Waals surface area contributed by atoms with Gasteiger partial charge in [-0.25, -0.2) is 0 Å². The molecule has 1 aromatic rings. The smallest absolute Gasteiger partial charge is 0.460 e. The van der Waals surface area contributed by atoms with E-state index in [1.807, 2.05) is 0 Å². The summed E-state index contributed by atoms with van der Waals surface area (Å²) in [6.07, 6.45) is -6.85. The molecule has 0 radical (unpaired) electrons. The van der Waals surface area contributed by atoms with Crippen LogP contribution in [0.25, 0.3) is 0 Å². The number of phenolic OH excluding ortho intramolecular Hbond substituents is 1. The number of hydrogen-bond donors (Lipinski definition) is 1. The number of aromatic hydroxyl groups is 1. The molecule has 0 aliphatic carbocycles. The van der Waals surface area contributed by atoms with Crippen molar-refractivity contribution in [2.75, 3.05) is 0 Å². The van der Waals surface area contributed by atoms with Crippen molar-refractivity contribution in [1.29, 1.82) is 0 Å². The first-order valence-electron chi connectivity index (χ1n) is 4.75. The molecule has 1 N–H and O–H groups in total. The van der Waals surface area contributed by atoms with Crippen LogP contribution in [-0.2, 0) is 5.92 Å². The molecule has 1 nitrogen and oxygen atoms in total. The summed E-state index contributed by atoms with van der Waals surface area (Å²) >= 11 is 0. The minimum atomic E-state index is -6.93.